The molecule has 71 heavy (non-hydrogen) atoms. The SMILES string of the molecule is CCCCCCCCCC/C=C\CCCCCCCCCCCCCCCCCCCC(=O)NC(COP(=O)([O-])OCC[N+](C)(C)C)C(O)/C=C/CC/C=C/CCCCCCCCCCCCCCCC. The molecule has 0 saturated carbocycles. The maximum absolute atomic E-state index is 13.0. The number of carbonyl (C=O) groups excluding carboxylic acids is 1. The van der Waals surface area contributed by atoms with Crippen molar-refractivity contribution in [3.8, 4) is 0 Å². The van der Waals surface area contributed by atoms with Crippen molar-refractivity contribution in [1.82, 2.24) is 5.32 Å². The van der Waals surface area contributed by atoms with Crippen LogP contribution >= 0.6 is 7.82 Å². The van der Waals surface area contributed by atoms with E-state index in [1.165, 1.54) is 244 Å². The molecular formula is C62H121N2O6P. The number of likely N-dealkylation sites (N-methyl/N-ethyl adjacent to an activating group) is 1. The Labute approximate surface area is 442 Å². The fourth-order valence-corrected chi connectivity index (χ4v) is 9.95. The minimum Gasteiger partial charge on any atom is -0.756 e. The molecule has 0 aliphatic heterocycles. The number of carbonyl (C=O) groups is 1. The predicted molar refractivity (Wildman–Crippen MR) is 307 cm³/mol. The Balaban J connectivity index is 4.14. The number of allylic oxidation sites excluding steroid dienone is 5. The zero-order chi connectivity index (χ0) is 52.0. The zero-order valence-electron chi connectivity index (χ0n) is 47.9. The van der Waals surface area contributed by atoms with E-state index in [9.17, 15) is 19.4 Å². The normalized spacial score (nSPS) is 14.1. The summed E-state index contributed by atoms with van der Waals surface area (Å²) < 4.78 is 23.4. The van der Waals surface area contributed by atoms with Gasteiger partial charge < -0.3 is 28.8 Å². The fourth-order valence-electron chi connectivity index (χ4n) is 9.23. The Morgan fingerprint density at radius 1 is 0.479 bits per heavy atom. The summed E-state index contributed by atoms with van der Waals surface area (Å²) in [4.78, 5) is 25.5. The van der Waals surface area contributed by atoms with Crippen molar-refractivity contribution in [3.63, 3.8) is 0 Å². The van der Waals surface area contributed by atoms with E-state index in [1.54, 1.807) is 6.08 Å². The van der Waals surface area contributed by atoms with Gasteiger partial charge in [0.25, 0.3) is 7.82 Å². The molecule has 0 saturated heterocycles. The summed E-state index contributed by atoms with van der Waals surface area (Å²) in [6.45, 7) is 4.67. The van der Waals surface area contributed by atoms with Gasteiger partial charge in [0.2, 0.25) is 5.91 Å². The van der Waals surface area contributed by atoms with E-state index in [0.717, 1.165) is 38.5 Å². The van der Waals surface area contributed by atoms with Gasteiger partial charge in [-0.05, 0) is 57.8 Å². The van der Waals surface area contributed by atoms with Crippen molar-refractivity contribution >= 4 is 13.7 Å². The molecule has 0 aliphatic carbocycles. The topological polar surface area (TPSA) is 108 Å². The number of unbranched alkanes of at least 4 members (excludes halogenated alkanes) is 40. The highest BCUT2D eigenvalue weighted by atomic mass is 31.2. The van der Waals surface area contributed by atoms with Crippen LogP contribution in [0.1, 0.15) is 303 Å². The number of nitrogens with zero attached hydrogens (tertiary/aromatic N) is 1. The van der Waals surface area contributed by atoms with Crippen LogP contribution in [0.15, 0.2) is 36.5 Å². The molecule has 8 nitrogen and oxygen atoms in total. The second-order valence-corrected chi connectivity index (χ2v) is 23.8. The van der Waals surface area contributed by atoms with Crippen molar-refractivity contribution in [3.05, 3.63) is 36.5 Å². The van der Waals surface area contributed by atoms with Crippen LogP contribution < -0.4 is 10.2 Å². The lowest BCUT2D eigenvalue weighted by Crippen LogP contribution is -2.45. The molecular weight excluding hydrogens is 900 g/mol. The molecule has 2 N–H and O–H groups in total. The summed E-state index contributed by atoms with van der Waals surface area (Å²) in [5, 5.41) is 13.9. The van der Waals surface area contributed by atoms with Gasteiger partial charge in [0.05, 0.1) is 39.9 Å². The van der Waals surface area contributed by atoms with Crippen LogP contribution in [-0.2, 0) is 18.4 Å². The first-order chi connectivity index (χ1) is 34.5. The number of nitrogens with one attached hydrogen (secondary N) is 1. The molecule has 9 heteroatoms. The fraction of sp³-hybridized carbons (Fsp3) is 0.887. The molecule has 0 aliphatic rings. The van der Waals surface area contributed by atoms with Crippen molar-refractivity contribution in [1.29, 1.82) is 0 Å². The summed E-state index contributed by atoms with van der Waals surface area (Å²) in [6, 6.07) is -0.902. The third-order valence-corrected chi connectivity index (χ3v) is 15.0. The minimum absolute atomic E-state index is 0.00486. The molecule has 0 fully saturated rings. The summed E-state index contributed by atoms with van der Waals surface area (Å²) in [5.74, 6) is -0.202. The third-order valence-electron chi connectivity index (χ3n) is 14.1. The molecule has 0 aromatic rings. The van der Waals surface area contributed by atoms with Crippen LogP contribution in [0.3, 0.4) is 0 Å². The number of hydrogen-bond donors (Lipinski definition) is 2. The molecule has 0 bridgehead atoms. The average molecular weight is 1020 g/mol. The minimum atomic E-state index is -4.60. The lowest BCUT2D eigenvalue weighted by molar-refractivity contribution is -0.870. The first kappa shape index (κ1) is 69.7. The highest BCUT2D eigenvalue weighted by Gasteiger charge is 2.23. The van der Waals surface area contributed by atoms with Crippen LogP contribution in [0, 0.1) is 0 Å². The Morgan fingerprint density at radius 2 is 0.789 bits per heavy atom. The first-order valence-electron chi connectivity index (χ1n) is 30.9. The number of aliphatic hydroxyl groups is 1. The lowest BCUT2D eigenvalue weighted by Gasteiger charge is -2.29. The number of phosphoric acid groups is 1. The van der Waals surface area contributed by atoms with Gasteiger partial charge in [-0.1, -0.05) is 275 Å². The van der Waals surface area contributed by atoms with Gasteiger partial charge >= 0.3 is 0 Å². The monoisotopic (exact) mass is 1020 g/mol. The van der Waals surface area contributed by atoms with Crippen LogP contribution in [0.4, 0.5) is 0 Å². The maximum Gasteiger partial charge on any atom is 0.268 e. The van der Waals surface area contributed by atoms with E-state index >= 15 is 0 Å². The Kier molecular flexibility index (Phi) is 52.6. The number of hydrogen-bond acceptors (Lipinski definition) is 6. The number of rotatable bonds is 57. The quantitative estimate of drug-likeness (QED) is 0.0272. The number of phosphoric ester groups is 1. The standard InChI is InChI=1S/C62H121N2O6P/c1-6-8-10-12-14-16-18-20-22-24-26-28-29-30-31-32-33-34-35-36-38-40-42-44-46-48-50-52-54-56-62(66)63-60(59-70-71(67,68)69-58-57-64(3,4)5)61(65)55-53-51-49-47-45-43-41-39-37-27-25-23-21-19-17-15-13-11-9-7-2/h24,26,45,47,53,55,60-61,65H,6-23,25,27-44,46,48-52,54,56-59H2,1-5H3,(H-,63,66,67,68)/b26-24-,47-45+,55-53+. The van der Waals surface area contributed by atoms with E-state index in [-0.39, 0.29) is 19.1 Å². The van der Waals surface area contributed by atoms with Crippen LogP contribution in [0.5, 0.6) is 0 Å². The molecule has 0 spiro atoms. The second kappa shape index (κ2) is 53.5. The van der Waals surface area contributed by atoms with E-state index in [4.69, 9.17) is 9.05 Å². The summed E-state index contributed by atoms with van der Waals surface area (Å²) >= 11 is 0. The van der Waals surface area contributed by atoms with Crippen molar-refractivity contribution in [2.24, 2.45) is 0 Å². The third kappa shape index (κ3) is 56.3. The van der Waals surface area contributed by atoms with Gasteiger partial charge in [-0.3, -0.25) is 9.36 Å². The van der Waals surface area contributed by atoms with Gasteiger partial charge in [-0.2, -0.15) is 0 Å². The van der Waals surface area contributed by atoms with Crippen molar-refractivity contribution < 1.29 is 32.9 Å². The molecule has 0 rings (SSSR count). The van der Waals surface area contributed by atoms with Gasteiger partial charge in [0, 0.05) is 6.42 Å². The molecule has 1 amide bonds. The molecule has 0 aromatic carbocycles. The summed E-state index contributed by atoms with van der Waals surface area (Å²) in [7, 11) is 1.25. The van der Waals surface area contributed by atoms with Gasteiger partial charge in [0.15, 0.2) is 0 Å². The molecule has 3 unspecified atom stereocenters. The highest BCUT2D eigenvalue weighted by molar-refractivity contribution is 7.45. The van der Waals surface area contributed by atoms with Crippen LogP contribution in [-0.4, -0.2) is 68.5 Å². The molecule has 0 aromatic heterocycles. The Morgan fingerprint density at radius 3 is 1.14 bits per heavy atom. The van der Waals surface area contributed by atoms with Gasteiger partial charge in [0.1, 0.15) is 13.2 Å². The Hall–Kier alpha value is -1.28. The maximum atomic E-state index is 13.0. The van der Waals surface area contributed by atoms with E-state index in [1.807, 2.05) is 27.2 Å². The first-order valence-corrected chi connectivity index (χ1v) is 32.3. The predicted octanol–water partition coefficient (Wildman–Crippen LogP) is 18.3. The second-order valence-electron chi connectivity index (χ2n) is 22.4. The number of amides is 1. The number of quaternary nitrogens is 1. The molecule has 0 heterocycles. The lowest BCUT2D eigenvalue weighted by atomic mass is 10.0. The van der Waals surface area contributed by atoms with Gasteiger partial charge in [-0.15, -0.1) is 0 Å². The number of aliphatic hydroxyl groups excluding tert-OH is 1. The summed E-state index contributed by atoms with van der Waals surface area (Å²) in [5.41, 5.74) is 0. The van der Waals surface area contributed by atoms with Crippen molar-refractivity contribution in [2.75, 3.05) is 40.9 Å². The zero-order valence-corrected chi connectivity index (χ0v) is 48.8. The molecule has 0 radical (unpaired) electrons. The summed E-state index contributed by atoms with van der Waals surface area (Å²) in [6.07, 6.45) is 69.5. The largest absolute Gasteiger partial charge is 0.756 e. The van der Waals surface area contributed by atoms with Gasteiger partial charge in [-0.25, -0.2) is 0 Å². The van der Waals surface area contributed by atoms with E-state index < -0.39 is 20.0 Å². The molecule has 420 valence electrons. The Bertz CT molecular complexity index is 1250. The molecule has 3 atom stereocenters. The average Bonchev–Trinajstić information content (AvgIpc) is 3.33. The smallest absolute Gasteiger partial charge is 0.268 e. The van der Waals surface area contributed by atoms with Crippen LogP contribution in [0.25, 0.3) is 0 Å². The highest BCUT2D eigenvalue weighted by Crippen LogP contribution is 2.38. The van der Waals surface area contributed by atoms with Crippen molar-refractivity contribution in [2.45, 2.75) is 315 Å². The van der Waals surface area contributed by atoms with E-state index in [2.05, 4.69) is 43.5 Å². The van der Waals surface area contributed by atoms with Crippen LogP contribution in [0.2, 0.25) is 0 Å². The van der Waals surface area contributed by atoms with E-state index in [0.29, 0.717) is 17.4 Å².